The van der Waals surface area contributed by atoms with Crippen LogP contribution in [0.25, 0.3) is 33.2 Å². The standard InChI is InChI=1S/C32H39N9/c1-21-4-13-28-27(18-21)37-32(39(28)3)36-23-7-5-22(6-8-23)26-19-41(31-29(26)30(33)34-20-35-31)25-11-9-24(10-12-25)40-16-14-38(2)15-17-40/h4-8,13,18-20,24-25H,9-12,14-17H2,1-3H3,(H,36,37)(H2,33,34,35). The van der Waals surface area contributed by atoms with Crippen LogP contribution in [0.1, 0.15) is 37.3 Å². The molecule has 3 aromatic heterocycles. The molecule has 1 saturated carbocycles. The van der Waals surface area contributed by atoms with Crippen LogP contribution >= 0.6 is 0 Å². The Kier molecular flexibility index (Phi) is 6.63. The first kappa shape index (κ1) is 26.0. The van der Waals surface area contributed by atoms with E-state index in [2.05, 4.69) is 91.9 Å². The van der Waals surface area contributed by atoms with Crippen molar-refractivity contribution in [3.8, 4) is 11.1 Å². The molecule has 41 heavy (non-hydrogen) atoms. The number of nitrogens with one attached hydrogen (secondary N) is 1. The maximum absolute atomic E-state index is 6.47. The number of imidazole rings is 1. The Balaban J connectivity index is 1.13. The lowest BCUT2D eigenvalue weighted by Crippen LogP contribution is -2.49. The first-order valence-electron chi connectivity index (χ1n) is 14.8. The van der Waals surface area contributed by atoms with Gasteiger partial charge in [-0.1, -0.05) is 18.2 Å². The van der Waals surface area contributed by atoms with Crippen LogP contribution in [0.3, 0.4) is 0 Å². The topological polar surface area (TPSA) is 93.1 Å². The minimum atomic E-state index is 0.423. The Bertz CT molecular complexity index is 1680. The number of aryl methyl sites for hydroxylation is 2. The van der Waals surface area contributed by atoms with Crippen molar-refractivity contribution >= 4 is 39.5 Å². The lowest BCUT2D eigenvalue weighted by atomic mass is 9.89. The molecular formula is C32H39N9. The van der Waals surface area contributed by atoms with Gasteiger partial charge in [0.15, 0.2) is 0 Å². The van der Waals surface area contributed by atoms with Crippen LogP contribution < -0.4 is 11.1 Å². The molecule has 0 bridgehead atoms. The molecule has 4 heterocycles. The number of hydrogen-bond donors (Lipinski definition) is 2. The average Bonchev–Trinajstić information content (AvgIpc) is 3.52. The third-order valence-corrected chi connectivity index (χ3v) is 9.24. The van der Waals surface area contributed by atoms with Gasteiger partial charge in [-0.15, -0.1) is 0 Å². The van der Waals surface area contributed by atoms with E-state index in [1.54, 1.807) is 6.33 Å². The van der Waals surface area contributed by atoms with E-state index in [1.807, 2.05) is 7.05 Å². The lowest BCUT2D eigenvalue weighted by Gasteiger charge is -2.41. The second-order valence-electron chi connectivity index (χ2n) is 11.9. The fourth-order valence-electron chi connectivity index (χ4n) is 6.78. The first-order valence-corrected chi connectivity index (χ1v) is 14.8. The number of nitrogens with zero attached hydrogens (tertiary/aromatic N) is 7. The van der Waals surface area contributed by atoms with Crippen LogP contribution in [0, 0.1) is 6.92 Å². The summed E-state index contributed by atoms with van der Waals surface area (Å²) in [6.45, 7) is 6.82. The Labute approximate surface area is 241 Å². The van der Waals surface area contributed by atoms with Gasteiger partial charge >= 0.3 is 0 Å². The van der Waals surface area contributed by atoms with Crippen LogP contribution in [-0.2, 0) is 7.05 Å². The predicted octanol–water partition coefficient (Wildman–Crippen LogP) is 5.35. The molecule has 0 atom stereocenters. The van der Waals surface area contributed by atoms with E-state index in [9.17, 15) is 0 Å². The summed E-state index contributed by atoms with van der Waals surface area (Å²) >= 11 is 0. The van der Waals surface area contributed by atoms with Gasteiger partial charge in [-0.3, -0.25) is 4.90 Å². The molecule has 212 valence electrons. The van der Waals surface area contributed by atoms with E-state index in [0.29, 0.717) is 17.9 Å². The molecule has 9 heteroatoms. The van der Waals surface area contributed by atoms with Gasteiger partial charge in [0, 0.05) is 62.8 Å². The molecule has 7 rings (SSSR count). The summed E-state index contributed by atoms with van der Waals surface area (Å²) in [5, 5.41) is 4.43. The number of piperazine rings is 1. The Hall–Kier alpha value is -3.95. The second kappa shape index (κ2) is 10.5. The van der Waals surface area contributed by atoms with Gasteiger partial charge in [-0.2, -0.15) is 0 Å². The van der Waals surface area contributed by atoms with Crippen molar-refractivity contribution in [3.05, 3.63) is 60.6 Å². The van der Waals surface area contributed by atoms with E-state index in [4.69, 9.17) is 15.7 Å². The third-order valence-electron chi connectivity index (χ3n) is 9.24. The molecular weight excluding hydrogens is 510 g/mol. The molecule has 2 aliphatic rings. The van der Waals surface area contributed by atoms with Gasteiger partial charge in [0.1, 0.15) is 17.8 Å². The quantitative estimate of drug-likeness (QED) is 0.305. The maximum atomic E-state index is 6.47. The van der Waals surface area contributed by atoms with E-state index in [1.165, 1.54) is 44.6 Å². The summed E-state index contributed by atoms with van der Waals surface area (Å²) in [5.74, 6) is 1.35. The molecule has 0 spiro atoms. The van der Waals surface area contributed by atoms with Gasteiger partial charge in [0.05, 0.1) is 16.4 Å². The molecule has 2 aromatic carbocycles. The predicted molar refractivity (Wildman–Crippen MR) is 166 cm³/mol. The largest absolute Gasteiger partial charge is 0.383 e. The van der Waals surface area contributed by atoms with Crippen LogP contribution in [-0.4, -0.2) is 73.2 Å². The van der Waals surface area contributed by atoms with E-state index in [-0.39, 0.29) is 0 Å². The molecule has 1 aliphatic carbocycles. The zero-order valence-corrected chi connectivity index (χ0v) is 24.2. The van der Waals surface area contributed by atoms with Crippen molar-refractivity contribution in [1.82, 2.24) is 33.9 Å². The highest BCUT2D eigenvalue weighted by Gasteiger charge is 2.30. The van der Waals surface area contributed by atoms with Crippen LogP contribution in [0.5, 0.6) is 0 Å². The highest BCUT2D eigenvalue weighted by atomic mass is 15.3. The molecule has 2 fully saturated rings. The highest BCUT2D eigenvalue weighted by Crippen LogP contribution is 2.39. The van der Waals surface area contributed by atoms with E-state index >= 15 is 0 Å². The summed E-state index contributed by atoms with van der Waals surface area (Å²) in [4.78, 5) is 19.0. The molecule has 9 nitrogen and oxygen atoms in total. The number of nitrogens with two attached hydrogens (primary N) is 1. The summed E-state index contributed by atoms with van der Waals surface area (Å²) in [5.41, 5.74) is 13.9. The van der Waals surface area contributed by atoms with Gasteiger partial charge in [-0.05, 0) is 75.0 Å². The number of benzene rings is 2. The van der Waals surface area contributed by atoms with Crippen LogP contribution in [0.2, 0.25) is 0 Å². The number of nitrogen functional groups attached to an aromatic ring is 1. The molecule has 0 unspecified atom stereocenters. The van der Waals surface area contributed by atoms with Gasteiger partial charge < -0.3 is 25.1 Å². The molecule has 1 aliphatic heterocycles. The van der Waals surface area contributed by atoms with Gasteiger partial charge in [0.25, 0.3) is 0 Å². The fraction of sp³-hybridized carbons (Fsp3) is 0.406. The second-order valence-corrected chi connectivity index (χ2v) is 11.9. The number of anilines is 3. The number of likely N-dealkylation sites (N-methyl/N-ethyl adjacent to an activating group) is 1. The minimum Gasteiger partial charge on any atom is -0.383 e. The number of hydrogen-bond acceptors (Lipinski definition) is 7. The minimum absolute atomic E-state index is 0.423. The molecule has 0 amide bonds. The summed E-state index contributed by atoms with van der Waals surface area (Å²) in [6.07, 6.45) is 8.62. The molecule has 5 aromatic rings. The van der Waals surface area contributed by atoms with Crippen molar-refractivity contribution in [3.63, 3.8) is 0 Å². The summed E-state index contributed by atoms with van der Waals surface area (Å²) in [6, 6.07) is 16.0. The summed E-state index contributed by atoms with van der Waals surface area (Å²) < 4.78 is 4.46. The zero-order valence-electron chi connectivity index (χ0n) is 24.2. The lowest BCUT2D eigenvalue weighted by molar-refractivity contribution is 0.0828. The smallest absolute Gasteiger partial charge is 0.208 e. The average molecular weight is 550 g/mol. The Morgan fingerprint density at radius 1 is 0.878 bits per heavy atom. The first-order chi connectivity index (χ1) is 19.9. The van der Waals surface area contributed by atoms with Crippen molar-refractivity contribution in [2.75, 3.05) is 44.3 Å². The van der Waals surface area contributed by atoms with Crippen molar-refractivity contribution in [2.24, 2.45) is 7.05 Å². The van der Waals surface area contributed by atoms with Gasteiger partial charge in [0.2, 0.25) is 5.95 Å². The van der Waals surface area contributed by atoms with Crippen LogP contribution in [0.4, 0.5) is 17.5 Å². The van der Waals surface area contributed by atoms with E-state index < -0.39 is 0 Å². The molecule has 3 N–H and O–H groups in total. The number of rotatable bonds is 5. The Morgan fingerprint density at radius 3 is 2.37 bits per heavy atom. The van der Waals surface area contributed by atoms with Crippen molar-refractivity contribution in [2.45, 2.75) is 44.7 Å². The SMILES string of the molecule is Cc1ccc2c(c1)nc(Nc1ccc(-c3cn(C4CCC(N5CCN(C)CC5)CC4)c4ncnc(N)c34)cc1)n2C. The zero-order chi connectivity index (χ0) is 28.1. The van der Waals surface area contributed by atoms with E-state index in [0.717, 1.165) is 57.7 Å². The monoisotopic (exact) mass is 549 g/mol. The Morgan fingerprint density at radius 2 is 1.61 bits per heavy atom. The van der Waals surface area contributed by atoms with Crippen LogP contribution in [0.15, 0.2) is 55.0 Å². The van der Waals surface area contributed by atoms with Crippen molar-refractivity contribution in [1.29, 1.82) is 0 Å². The van der Waals surface area contributed by atoms with Crippen molar-refractivity contribution < 1.29 is 0 Å². The molecule has 0 radical (unpaired) electrons. The third kappa shape index (κ3) is 4.83. The molecule has 1 saturated heterocycles. The van der Waals surface area contributed by atoms with Gasteiger partial charge in [-0.25, -0.2) is 15.0 Å². The normalized spacial score (nSPS) is 20.7. The summed E-state index contributed by atoms with van der Waals surface area (Å²) in [7, 11) is 4.26. The highest BCUT2D eigenvalue weighted by molar-refractivity contribution is 6.00. The number of aromatic nitrogens is 5. The maximum Gasteiger partial charge on any atom is 0.208 e. The number of fused-ring (bicyclic) bond motifs is 2. The fourth-order valence-corrected chi connectivity index (χ4v) is 6.78.